The van der Waals surface area contributed by atoms with Gasteiger partial charge >= 0.3 is 0 Å². The maximum absolute atomic E-state index is 12.8. The van der Waals surface area contributed by atoms with Crippen LogP contribution in [0.3, 0.4) is 0 Å². The number of phenols is 1. The van der Waals surface area contributed by atoms with Crippen LogP contribution in [0.25, 0.3) is 6.08 Å². The summed E-state index contributed by atoms with van der Waals surface area (Å²) in [4.78, 5) is 12.8. The van der Waals surface area contributed by atoms with Gasteiger partial charge in [-0.15, -0.1) is 0 Å². The Morgan fingerprint density at radius 2 is 1.58 bits per heavy atom. The van der Waals surface area contributed by atoms with Crippen LogP contribution in [0.1, 0.15) is 21.5 Å². The Morgan fingerprint density at radius 1 is 0.903 bits per heavy atom. The van der Waals surface area contributed by atoms with Crippen molar-refractivity contribution in [3.63, 3.8) is 0 Å². The highest BCUT2D eigenvalue weighted by Gasteiger charge is 2.24. The topological polar surface area (TPSA) is 74.2 Å². The predicted molar refractivity (Wildman–Crippen MR) is 118 cm³/mol. The molecule has 6 nitrogen and oxygen atoms in total. The number of methoxy groups -OCH3 is 3. The first kappa shape index (κ1) is 21.8. The summed E-state index contributed by atoms with van der Waals surface area (Å²) in [6.07, 6.45) is 3.02. The SMILES string of the molecule is COc1cc(O)c(C(=O)/C=C/c2ccc(OCc3ccccc3)cc2)c(OC)c1OC. The lowest BCUT2D eigenvalue weighted by Crippen LogP contribution is -2.03. The number of carbonyl (C=O) groups excluding carboxylic acids is 1. The Hall–Kier alpha value is -3.93. The van der Waals surface area contributed by atoms with Crippen LogP contribution in [0.5, 0.6) is 28.7 Å². The van der Waals surface area contributed by atoms with Crippen molar-refractivity contribution in [1.82, 2.24) is 0 Å². The van der Waals surface area contributed by atoms with Crippen molar-refractivity contribution in [1.29, 1.82) is 0 Å². The molecule has 0 aliphatic rings. The normalized spacial score (nSPS) is 10.7. The predicted octanol–water partition coefficient (Wildman–Crippen LogP) is 4.89. The van der Waals surface area contributed by atoms with Gasteiger partial charge in [0, 0.05) is 6.07 Å². The summed E-state index contributed by atoms with van der Waals surface area (Å²) >= 11 is 0. The minimum absolute atomic E-state index is 0.000727. The number of hydrogen-bond acceptors (Lipinski definition) is 6. The van der Waals surface area contributed by atoms with E-state index < -0.39 is 5.78 Å². The molecule has 0 saturated carbocycles. The Balaban J connectivity index is 1.74. The van der Waals surface area contributed by atoms with E-state index in [1.807, 2.05) is 54.6 Å². The van der Waals surface area contributed by atoms with Crippen LogP contribution < -0.4 is 18.9 Å². The van der Waals surface area contributed by atoms with E-state index in [-0.39, 0.29) is 28.6 Å². The molecule has 0 aliphatic heterocycles. The second-order valence-corrected chi connectivity index (χ2v) is 6.58. The third-order valence-corrected chi connectivity index (χ3v) is 4.61. The van der Waals surface area contributed by atoms with Gasteiger partial charge in [-0.2, -0.15) is 0 Å². The third kappa shape index (κ3) is 5.17. The summed E-state index contributed by atoms with van der Waals surface area (Å²) in [6, 6.07) is 18.6. The van der Waals surface area contributed by atoms with Crippen LogP contribution in [0.2, 0.25) is 0 Å². The lowest BCUT2D eigenvalue weighted by Gasteiger charge is -2.15. The number of ether oxygens (including phenoxy) is 4. The highest BCUT2D eigenvalue weighted by molar-refractivity contribution is 6.11. The van der Waals surface area contributed by atoms with Gasteiger partial charge in [-0.1, -0.05) is 48.5 Å². The Morgan fingerprint density at radius 3 is 2.19 bits per heavy atom. The van der Waals surface area contributed by atoms with Crippen molar-refractivity contribution in [2.75, 3.05) is 21.3 Å². The standard InChI is InChI=1S/C25H24O6/c1-28-22-15-21(27)23(25(30-3)24(22)29-2)20(26)14-11-17-9-12-19(13-10-17)31-16-18-7-5-4-6-8-18/h4-15,27H,16H2,1-3H3/b14-11+. The molecule has 0 unspecified atom stereocenters. The summed E-state index contributed by atoms with van der Waals surface area (Å²) in [7, 11) is 4.26. The van der Waals surface area contributed by atoms with E-state index in [1.54, 1.807) is 6.08 Å². The van der Waals surface area contributed by atoms with Gasteiger partial charge in [-0.25, -0.2) is 0 Å². The van der Waals surface area contributed by atoms with Gasteiger partial charge in [0.05, 0.1) is 21.3 Å². The molecule has 0 amide bonds. The molecule has 0 heterocycles. The molecule has 3 aromatic carbocycles. The molecule has 1 N–H and O–H groups in total. The second kappa shape index (κ2) is 10.2. The maximum atomic E-state index is 12.8. The van der Waals surface area contributed by atoms with Crippen molar-refractivity contribution >= 4 is 11.9 Å². The fourth-order valence-corrected chi connectivity index (χ4v) is 3.05. The smallest absolute Gasteiger partial charge is 0.204 e. The van der Waals surface area contributed by atoms with Gasteiger partial charge in [0.1, 0.15) is 23.7 Å². The Bertz CT molecular complexity index is 1060. The fraction of sp³-hybridized carbons (Fsp3) is 0.160. The number of phenolic OH excluding ortho intramolecular Hbond substituents is 1. The van der Waals surface area contributed by atoms with E-state index in [9.17, 15) is 9.90 Å². The number of carbonyl (C=O) groups is 1. The summed E-state index contributed by atoms with van der Waals surface area (Å²) in [5.74, 6) is 0.654. The highest BCUT2D eigenvalue weighted by Crippen LogP contribution is 2.44. The average Bonchev–Trinajstić information content (AvgIpc) is 2.81. The molecule has 0 aliphatic carbocycles. The molecule has 160 valence electrons. The van der Waals surface area contributed by atoms with Crippen molar-refractivity contribution in [2.45, 2.75) is 6.61 Å². The van der Waals surface area contributed by atoms with Crippen LogP contribution in [0.4, 0.5) is 0 Å². The number of ketones is 1. The fourth-order valence-electron chi connectivity index (χ4n) is 3.05. The number of rotatable bonds is 9. The number of hydrogen-bond donors (Lipinski definition) is 1. The summed E-state index contributed by atoms with van der Waals surface area (Å²) in [6.45, 7) is 0.479. The van der Waals surface area contributed by atoms with Crippen LogP contribution in [-0.2, 0) is 6.61 Å². The van der Waals surface area contributed by atoms with E-state index in [0.29, 0.717) is 6.61 Å². The van der Waals surface area contributed by atoms with Crippen LogP contribution in [0.15, 0.2) is 66.7 Å². The molecular weight excluding hydrogens is 396 g/mol. The van der Waals surface area contributed by atoms with Crippen LogP contribution in [-0.4, -0.2) is 32.2 Å². The van der Waals surface area contributed by atoms with Crippen molar-refractivity contribution in [3.8, 4) is 28.7 Å². The monoisotopic (exact) mass is 420 g/mol. The zero-order valence-corrected chi connectivity index (χ0v) is 17.6. The van der Waals surface area contributed by atoms with Crippen molar-refractivity contribution in [3.05, 3.63) is 83.4 Å². The van der Waals surface area contributed by atoms with E-state index in [4.69, 9.17) is 18.9 Å². The molecule has 31 heavy (non-hydrogen) atoms. The quantitative estimate of drug-likeness (QED) is 0.392. The van der Waals surface area contributed by atoms with Crippen LogP contribution >= 0.6 is 0 Å². The molecule has 3 rings (SSSR count). The largest absolute Gasteiger partial charge is 0.507 e. The van der Waals surface area contributed by atoms with Crippen LogP contribution in [0, 0.1) is 0 Å². The van der Waals surface area contributed by atoms with E-state index in [1.165, 1.54) is 33.5 Å². The van der Waals surface area contributed by atoms with Gasteiger partial charge in [0.2, 0.25) is 5.75 Å². The number of allylic oxidation sites excluding steroid dienone is 1. The van der Waals surface area contributed by atoms with Crippen molar-refractivity contribution < 1.29 is 28.8 Å². The maximum Gasteiger partial charge on any atom is 0.204 e. The summed E-state index contributed by atoms with van der Waals surface area (Å²) in [5.41, 5.74) is 1.89. The van der Waals surface area contributed by atoms with Crippen molar-refractivity contribution in [2.24, 2.45) is 0 Å². The summed E-state index contributed by atoms with van der Waals surface area (Å²) in [5, 5.41) is 10.3. The first-order valence-electron chi connectivity index (χ1n) is 9.58. The number of benzene rings is 3. The first-order chi connectivity index (χ1) is 15.1. The molecule has 6 heteroatoms. The number of aromatic hydroxyl groups is 1. The lowest BCUT2D eigenvalue weighted by atomic mass is 10.0. The molecule has 0 fully saturated rings. The lowest BCUT2D eigenvalue weighted by molar-refractivity contribution is 0.104. The zero-order valence-electron chi connectivity index (χ0n) is 17.6. The van der Waals surface area contributed by atoms with Gasteiger partial charge in [-0.3, -0.25) is 4.79 Å². The highest BCUT2D eigenvalue weighted by atomic mass is 16.5. The van der Waals surface area contributed by atoms with Gasteiger partial charge in [-0.05, 0) is 29.3 Å². The average molecular weight is 420 g/mol. The van der Waals surface area contributed by atoms with Gasteiger partial charge in [0.15, 0.2) is 17.3 Å². The minimum atomic E-state index is -0.431. The molecular formula is C25H24O6. The molecule has 0 atom stereocenters. The second-order valence-electron chi connectivity index (χ2n) is 6.58. The molecule has 0 spiro atoms. The zero-order chi connectivity index (χ0) is 22.2. The van der Waals surface area contributed by atoms with E-state index in [2.05, 4.69) is 0 Å². The third-order valence-electron chi connectivity index (χ3n) is 4.61. The van der Waals surface area contributed by atoms with E-state index in [0.717, 1.165) is 16.9 Å². The molecule has 3 aromatic rings. The first-order valence-corrected chi connectivity index (χ1v) is 9.58. The van der Waals surface area contributed by atoms with E-state index >= 15 is 0 Å². The Kier molecular flexibility index (Phi) is 7.17. The van der Waals surface area contributed by atoms with Gasteiger partial charge in [0.25, 0.3) is 0 Å². The van der Waals surface area contributed by atoms with Gasteiger partial charge < -0.3 is 24.1 Å². The molecule has 0 bridgehead atoms. The molecule has 0 saturated heterocycles. The summed E-state index contributed by atoms with van der Waals surface area (Å²) < 4.78 is 21.5. The Labute approximate surface area is 181 Å². The molecule has 0 aromatic heterocycles. The minimum Gasteiger partial charge on any atom is -0.507 e. The molecule has 0 radical (unpaired) electrons.